The smallest absolute Gasteiger partial charge is 0.268 e. The average Bonchev–Trinajstić information content (AvgIpc) is 3.07. The van der Waals surface area contributed by atoms with Gasteiger partial charge in [0.15, 0.2) is 5.60 Å². The highest BCUT2D eigenvalue weighted by molar-refractivity contribution is 7.89. The third-order valence-electron chi connectivity index (χ3n) is 6.82. The Balaban J connectivity index is 1.38. The number of carbonyl (C=O) groups is 1. The maximum absolute atomic E-state index is 13.6. The summed E-state index contributed by atoms with van der Waals surface area (Å²) in [6, 6.07) is 16.8. The number of sulfonamides is 1. The van der Waals surface area contributed by atoms with E-state index in [-0.39, 0.29) is 4.90 Å². The molecule has 1 amide bonds. The lowest BCUT2D eigenvalue weighted by Crippen LogP contribution is -2.45. The molecule has 1 aromatic heterocycles. The predicted octanol–water partition coefficient (Wildman–Crippen LogP) is 2.23. The van der Waals surface area contributed by atoms with Gasteiger partial charge in [-0.2, -0.15) is 0 Å². The molecule has 1 atom stereocenters. The molecule has 0 saturated carbocycles. The van der Waals surface area contributed by atoms with E-state index in [4.69, 9.17) is 5.14 Å². The number of nitrogens with two attached hydrogens (primary N) is 1. The van der Waals surface area contributed by atoms with Gasteiger partial charge in [-0.15, -0.1) is 0 Å². The normalized spacial score (nSPS) is 21.1. The van der Waals surface area contributed by atoms with Gasteiger partial charge in [0.05, 0.1) is 10.6 Å². The third-order valence-corrected chi connectivity index (χ3v) is 7.75. The number of anilines is 2. The van der Waals surface area contributed by atoms with E-state index in [1.54, 1.807) is 29.4 Å². The number of carbonyl (C=O) groups excluding carboxylic acids is 1. The molecule has 9 heteroatoms. The molecule has 0 spiro atoms. The van der Waals surface area contributed by atoms with Gasteiger partial charge in [-0.3, -0.25) is 9.78 Å². The zero-order chi connectivity index (χ0) is 23.9. The van der Waals surface area contributed by atoms with Crippen LogP contribution in [-0.4, -0.2) is 44.0 Å². The molecule has 34 heavy (non-hydrogen) atoms. The summed E-state index contributed by atoms with van der Waals surface area (Å²) in [5, 5.41) is 16.9. The fourth-order valence-corrected chi connectivity index (χ4v) is 5.48. The van der Waals surface area contributed by atoms with Gasteiger partial charge < -0.3 is 14.9 Å². The summed E-state index contributed by atoms with van der Waals surface area (Å²) in [6.45, 7) is 2.28. The van der Waals surface area contributed by atoms with Crippen LogP contribution in [0.1, 0.15) is 24.0 Å². The second-order valence-corrected chi connectivity index (χ2v) is 10.4. The first-order valence-corrected chi connectivity index (χ1v) is 12.8. The number of amides is 1. The maximum atomic E-state index is 13.6. The minimum Gasteiger partial charge on any atom is -0.372 e. The lowest BCUT2D eigenvalue weighted by molar-refractivity contribution is -0.132. The van der Waals surface area contributed by atoms with Crippen LogP contribution in [0, 0.1) is 5.92 Å². The number of aromatic nitrogens is 1. The zero-order valence-corrected chi connectivity index (χ0v) is 19.4. The second-order valence-electron chi connectivity index (χ2n) is 8.85. The van der Waals surface area contributed by atoms with Crippen molar-refractivity contribution in [1.82, 2.24) is 4.98 Å². The summed E-state index contributed by atoms with van der Waals surface area (Å²) in [7, 11) is -3.88. The molecule has 3 N–H and O–H groups in total. The third kappa shape index (κ3) is 3.85. The molecule has 5 rings (SSSR count). The van der Waals surface area contributed by atoms with Crippen molar-refractivity contribution in [3.63, 3.8) is 0 Å². The molecule has 2 aliphatic rings. The Bertz CT molecular complexity index is 1310. The molecule has 176 valence electrons. The lowest BCUT2D eigenvalue weighted by Gasteiger charge is -2.35. The van der Waals surface area contributed by atoms with Gasteiger partial charge in [-0.25, -0.2) is 13.6 Å². The molecule has 0 aliphatic carbocycles. The molecule has 3 heterocycles. The van der Waals surface area contributed by atoms with Gasteiger partial charge >= 0.3 is 0 Å². The molecule has 2 aliphatic heterocycles. The number of primary sulfonamides is 1. The Hall–Kier alpha value is -3.27. The van der Waals surface area contributed by atoms with Crippen molar-refractivity contribution in [2.45, 2.75) is 23.3 Å². The highest BCUT2D eigenvalue weighted by Crippen LogP contribution is 2.45. The molecule has 1 fully saturated rings. The van der Waals surface area contributed by atoms with Crippen molar-refractivity contribution in [3.05, 3.63) is 84.2 Å². The zero-order valence-electron chi connectivity index (χ0n) is 18.5. The molecule has 1 saturated heterocycles. The van der Waals surface area contributed by atoms with Crippen molar-refractivity contribution < 1.29 is 18.3 Å². The molecule has 1 unspecified atom stereocenters. The molecule has 0 radical (unpaired) electrons. The monoisotopic (exact) mass is 478 g/mol. The van der Waals surface area contributed by atoms with Crippen LogP contribution in [0.25, 0.3) is 0 Å². The van der Waals surface area contributed by atoms with E-state index in [9.17, 15) is 18.3 Å². The molecule has 8 nitrogen and oxygen atoms in total. The summed E-state index contributed by atoms with van der Waals surface area (Å²) >= 11 is 0. The van der Waals surface area contributed by atoms with Gasteiger partial charge in [0, 0.05) is 43.3 Å². The minimum atomic E-state index is -3.88. The summed E-state index contributed by atoms with van der Waals surface area (Å²) in [4.78, 5) is 21.6. The van der Waals surface area contributed by atoms with Crippen LogP contribution in [0.3, 0.4) is 0 Å². The van der Waals surface area contributed by atoms with Crippen LogP contribution in [0.4, 0.5) is 11.4 Å². The Morgan fingerprint density at radius 2 is 1.65 bits per heavy atom. The SMILES string of the molecule is NS(=O)(=O)c1ccc(C2(O)C(=O)N(CC3CCN(c4ccncc4)CC3)c3ccccc32)cc1. The van der Waals surface area contributed by atoms with Crippen LogP contribution in [0.2, 0.25) is 0 Å². The van der Waals surface area contributed by atoms with E-state index in [2.05, 4.69) is 9.88 Å². The van der Waals surface area contributed by atoms with Crippen LogP contribution >= 0.6 is 0 Å². The first kappa shape index (κ1) is 22.5. The summed E-state index contributed by atoms with van der Waals surface area (Å²) in [6.07, 6.45) is 5.43. The van der Waals surface area contributed by atoms with Crippen molar-refractivity contribution in [1.29, 1.82) is 0 Å². The number of piperidine rings is 1. The van der Waals surface area contributed by atoms with Gasteiger partial charge in [0.1, 0.15) is 0 Å². The van der Waals surface area contributed by atoms with Gasteiger partial charge in [-0.1, -0.05) is 30.3 Å². The van der Waals surface area contributed by atoms with Crippen molar-refractivity contribution in [2.24, 2.45) is 11.1 Å². The van der Waals surface area contributed by atoms with Gasteiger partial charge in [-0.05, 0) is 54.7 Å². The summed E-state index contributed by atoms with van der Waals surface area (Å²) < 4.78 is 23.3. The quantitative estimate of drug-likeness (QED) is 0.581. The topological polar surface area (TPSA) is 117 Å². The Morgan fingerprint density at radius 3 is 2.29 bits per heavy atom. The summed E-state index contributed by atoms with van der Waals surface area (Å²) in [5.41, 5.74) is 0.756. The highest BCUT2D eigenvalue weighted by atomic mass is 32.2. The largest absolute Gasteiger partial charge is 0.372 e. The Labute approximate surface area is 198 Å². The van der Waals surface area contributed by atoms with Gasteiger partial charge in [0.25, 0.3) is 5.91 Å². The van der Waals surface area contributed by atoms with Crippen molar-refractivity contribution in [2.75, 3.05) is 29.4 Å². The average molecular weight is 479 g/mol. The van der Waals surface area contributed by atoms with E-state index >= 15 is 0 Å². The van der Waals surface area contributed by atoms with Crippen molar-refractivity contribution in [3.8, 4) is 0 Å². The Kier molecular flexibility index (Phi) is 5.63. The van der Waals surface area contributed by atoms with Crippen LogP contribution in [0.15, 0.2) is 78.0 Å². The number of hydrogen-bond acceptors (Lipinski definition) is 6. The first-order valence-electron chi connectivity index (χ1n) is 11.2. The predicted molar refractivity (Wildman–Crippen MR) is 129 cm³/mol. The fourth-order valence-electron chi connectivity index (χ4n) is 4.97. The number of benzene rings is 2. The number of pyridine rings is 1. The summed E-state index contributed by atoms with van der Waals surface area (Å²) in [5.74, 6) is -0.129. The number of hydrogen-bond donors (Lipinski definition) is 2. The lowest BCUT2D eigenvalue weighted by atomic mass is 9.87. The van der Waals surface area contributed by atoms with Crippen LogP contribution in [0.5, 0.6) is 0 Å². The van der Waals surface area contributed by atoms with E-state index < -0.39 is 21.5 Å². The van der Waals surface area contributed by atoms with Gasteiger partial charge in [0.2, 0.25) is 10.0 Å². The van der Waals surface area contributed by atoms with E-state index in [1.807, 2.05) is 24.3 Å². The first-order chi connectivity index (χ1) is 16.3. The Morgan fingerprint density at radius 1 is 1.00 bits per heavy atom. The number of aliphatic hydroxyl groups is 1. The molecule has 0 bridgehead atoms. The van der Waals surface area contributed by atoms with E-state index in [0.717, 1.165) is 31.6 Å². The van der Waals surface area contributed by atoms with Crippen molar-refractivity contribution >= 4 is 27.3 Å². The van der Waals surface area contributed by atoms with E-state index in [1.165, 1.54) is 24.3 Å². The second kappa shape index (κ2) is 8.50. The molecular weight excluding hydrogens is 452 g/mol. The van der Waals surface area contributed by atoms with E-state index in [0.29, 0.717) is 29.3 Å². The number of nitrogens with zero attached hydrogens (tertiary/aromatic N) is 3. The number of fused-ring (bicyclic) bond motifs is 1. The molecule has 2 aromatic carbocycles. The van der Waals surface area contributed by atoms with Crippen LogP contribution in [-0.2, 0) is 20.4 Å². The highest BCUT2D eigenvalue weighted by Gasteiger charge is 2.51. The minimum absolute atomic E-state index is 0.0728. The fraction of sp³-hybridized carbons (Fsp3) is 0.280. The number of rotatable bonds is 5. The molecule has 3 aromatic rings. The maximum Gasteiger partial charge on any atom is 0.268 e. The number of para-hydroxylation sites is 1. The van der Waals surface area contributed by atoms with Crippen LogP contribution < -0.4 is 14.9 Å². The standard InChI is InChI=1S/C25H26N4O4S/c26-34(32,33)21-7-5-19(6-8-21)25(31)22-3-1-2-4-23(22)29(24(25)30)17-18-11-15-28(16-12-18)20-9-13-27-14-10-20/h1-10,13-14,18,31H,11-12,15-17H2,(H2,26,32,33). The molecular formula is C25H26N4O4S.